The van der Waals surface area contributed by atoms with Crippen LogP contribution in [-0.4, -0.2) is 29.0 Å². The van der Waals surface area contributed by atoms with Gasteiger partial charge in [0.25, 0.3) is 5.56 Å². The Labute approximate surface area is 166 Å². The number of aromatic amines is 1. The van der Waals surface area contributed by atoms with E-state index >= 15 is 0 Å². The molecule has 6 nitrogen and oxygen atoms in total. The molecule has 0 saturated carbocycles. The van der Waals surface area contributed by atoms with Crippen molar-refractivity contribution >= 4 is 21.6 Å². The van der Waals surface area contributed by atoms with Crippen LogP contribution in [0.15, 0.2) is 51.2 Å². The fraction of sp³-hybridized carbons (Fsp3) is 0.238. The van der Waals surface area contributed by atoms with Gasteiger partial charge in [-0.25, -0.2) is 4.98 Å². The Morgan fingerprint density at radius 2 is 2.14 bits per heavy atom. The number of methoxy groups -OCH3 is 1. The second-order valence-electron chi connectivity index (χ2n) is 6.81. The summed E-state index contributed by atoms with van der Waals surface area (Å²) in [6.07, 6.45) is 1.60. The molecule has 0 atom stereocenters. The first-order chi connectivity index (χ1) is 13.5. The Morgan fingerprint density at radius 3 is 2.89 bits per heavy atom. The van der Waals surface area contributed by atoms with Gasteiger partial charge in [0, 0.05) is 23.1 Å². The molecular formula is C21H21N3O3S. The number of thiophene rings is 1. The number of hydrogen-bond acceptors (Lipinski definition) is 6. The van der Waals surface area contributed by atoms with E-state index in [1.807, 2.05) is 36.7 Å². The minimum Gasteiger partial charge on any atom is -0.496 e. The monoisotopic (exact) mass is 395 g/mol. The first-order valence-electron chi connectivity index (χ1n) is 8.91. The fourth-order valence-corrected chi connectivity index (χ4v) is 4.26. The third-order valence-corrected chi connectivity index (χ3v) is 5.45. The number of fused-ring (bicyclic) bond motifs is 1. The number of furan rings is 1. The van der Waals surface area contributed by atoms with E-state index in [9.17, 15) is 4.79 Å². The Hall–Kier alpha value is -2.90. The average Bonchev–Trinajstić information content (AvgIpc) is 3.31. The Kier molecular flexibility index (Phi) is 5.02. The highest BCUT2D eigenvalue weighted by Gasteiger charge is 2.15. The summed E-state index contributed by atoms with van der Waals surface area (Å²) in [5.74, 6) is 2.17. The molecule has 144 valence electrons. The maximum Gasteiger partial charge on any atom is 0.260 e. The third kappa shape index (κ3) is 3.58. The van der Waals surface area contributed by atoms with E-state index in [0.717, 1.165) is 16.9 Å². The predicted molar refractivity (Wildman–Crippen MR) is 111 cm³/mol. The van der Waals surface area contributed by atoms with Crippen molar-refractivity contribution in [1.82, 2.24) is 14.9 Å². The molecule has 0 spiro atoms. The summed E-state index contributed by atoms with van der Waals surface area (Å²) in [7, 11) is 3.67. The minimum atomic E-state index is -0.144. The molecule has 0 bridgehead atoms. The summed E-state index contributed by atoms with van der Waals surface area (Å²) < 4.78 is 10.9. The van der Waals surface area contributed by atoms with Crippen molar-refractivity contribution in [3.05, 3.63) is 69.3 Å². The molecule has 4 rings (SSSR count). The van der Waals surface area contributed by atoms with E-state index in [2.05, 4.69) is 27.9 Å². The van der Waals surface area contributed by atoms with Gasteiger partial charge in [-0.15, -0.1) is 11.3 Å². The second-order valence-corrected chi connectivity index (χ2v) is 7.67. The number of aryl methyl sites for hydroxylation is 1. The molecular weight excluding hydrogens is 374 g/mol. The van der Waals surface area contributed by atoms with Crippen molar-refractivity contribution in [3.8, 4) is 17.1 Å². The molecule has 0 aliphatic carbocycles. The van der Waals surface area contributed by atoms with Crippen LogP contribution in [0, 0.1) is 6.92 Å². The van der Waals surface area contributed by atoms with Gasteiger partial charge < -0.3 is 14.1 Å². The summed E-state index contributed by atoms with van der Waals surface area (Å²) in [4.78, 5) is 23.1. The van der Waals surface area contributed by atoms with Gasteiger partial charge in [-0.3, -0.25) is 9.69 Å². The van der Waals surface area contributed by atoms with Gasteiger partial charge in [-0.05, 0) is 32.2 Å². The SMILES string of the molecule is COc1ccc(C)cc1CN(C)Cc1nc2scc(-c3ccco3)c2c(=O)[nH]1. The number of benzene rings is 1. The van der Waals surface area contributed by atoms with Gasteiger partial charge in [0.1, 0.15) is 22.2 Å². The fourth-order valence-electron chi connectivity index (χ4n) is 3.31. The Morgan fingerprint density at radius 1 is 1.29 bits per heavy atom. The number of nitrogens with zero attached hydrogens (tertiary/aromatic N) is 2. The van der Waals surface area contributed by atoms with Crippen LogP contribution in [0.25, 0.3) is 21.5 Å². The van der Waals surface area contributed by atoms with Gasteiger partial charge in [-0.2, -0.15) is 0 Å². The van der Waals surface area contributed by atoms with E-state index in [4.69, 9.17) is 9.15 Å². The molecule has 0 amide bonds. The quantitative estimate of drug-likeness (QED) is 0.530. The van der Waals surface area contributed by atoms with Gasteiger partial charge in [0.2, 0.25) is 0 Å². The summed E-state index contributed by atoms with van der Waals surface area (Å²) in [6, 6.07) is 9.78. The zero-order valence-corrected chi connectivity index (χ0v) is 16.8. The first kappa shape index (κ1) is 18.5. The molecule has 3 heterocycles. The molecule has 0 radical (unpaired) electrons. The Balaban J connectivity index is 1.59. The summed E-state index contributed by atoms with van der Waals surface area (Å²) >= 11 is 1.45. The molecule has 0 unspecified atom stereocenters. The zero-order chi connectivity index (χ0) is 19.7. The highest BCUT2D eigenvalue weighted by Crippen LogP contribution is 2.31. The van der Waals surface area contributed by atoms with Crippen LogP contribution >= 0.6 is 11.3 Å². The average molecular weight is 395 g/mol. The number of hydrogen-bond donors (Lipinski definition) is 1. The lowest BCUT2D eigenvalue weighted by Gasteiger charge is -2.18. The first-order valence-corrected chi connectivity index (χ1v) is 9.79. The van der Waals surface area contributed by atoms with Crippen LogP contribution in [0.3, 0.4) is 0 Å². The molecule has 0 aliphatic heterocycles. The highest BCUT2D eigenvalue weighted by atomic mass is 32.1. The summed E-state index contributed by atoms with van der Waals surface area (Å²) in [6.45, 7) is 3.27. The molecule has 28 heavy (non-hydrogen) atoms. The third-order valence-electron chi connectivity index (χ3n) is 4.58. The van der Waals surface area contributed by atoms with Crippen LogP contribution in [0.4, 0.5) is 0 Å². The Bertz CT molecular complexity index is 1160. The molecule has 4 aromatic rings. The maximum absolute atomic E-state index is 12.7. The highest BCUT2D eigenvalue weighted by molar-refractivity contribution is 7.17. The van der Waals surface area contributed by atoms with Crippen molar-refractivity contribution < 1.29 is 9.15 Å². The lowest BCUT2D eigenvalue weighted by molar-refractivity contribution is 0.302. The summed E-state index contributed by atoms with van der Waals surface area (Å²) in [5, 5.41) is 2.49. The summed E-state index contributed by atoms with van der Waals surface area (Å²) in [5.41, 5.74) is 2.92. The van der Waals surface area contributed by atoms with Crippen LogP contribution in [0.5, 0.6) is 5.75 Å². The van der Waals surface area contributed by atoms with E-state index in [-0.39, 0.29) is 5.56 Å². The zero-order valence-electron chi connectivity index (χ0n) is 16.0. The standard InChI is InChI=1S/C21H21N3O3S/c1-13-6-7-16(26-3)14(9-13)10-24(2)11-18-22-20(25)19-15(12-28-21(19)23-18)17-5-4-8-27-17/h4-9,12H,10-11H2,1-3H3,(H,22,23,25). The lowest BCUT2D eigenvalue weighted by Crippen LogP contribution is -2.22. The normalized spacial score (nSPS) is 11.4. The molecule has 0 fully saturated rings. The number of aromatic nitrogens is 2. The van der Waals surface area contributed by atoms with Crippen molar-refractivity contribution in [3.63, 3.8) is 0 Å². The van der Waals surface area contributed by atoms with Gasteiger partial charge >= 0.3 is 0 Å². The van der Waals surface area contributed by atoms with Gasteiger partial charge in [0.05, 0.1) is 25.3 Å². The van der Waals surface area contributed by atoms with Crippen molar-refractivity contribution in [2.45, 2.75) is 20.0 Å². The number of nitrogens with one attached hydrogen (secondary N) is 1. The molecule has 1 aromatic carbocycles. The van der Waals surface area contributed by atoms with Crippen LogP contribution < -0.4 is 10.3 Å². The number of rotatable bonds is 6. The van der Waals surface area contributed by atoms with Crippen molar-refractivity contribution in [2.24, 2.45) is 0 Å². The van der Waals surface area contributed by atoms with Gasteiger partial charge in [-0.1, -0.05) is 17.7 Å². The van der Waals surface area contributed by atoms with Crippen LogP contribution in [0.2, 0.25) is 0 Å². The smallest absolute Gasteiger partial charge is 0.260 e. The van der Waals surface area contributed by atoms with Crippen LogP contribution in [-0.2, 0) is 13.1 Å². The maximum atomic E-state index is 12.7. The molecule has 0 aliphatic rings. The second kappa shape index (κ2) is 7.61. The molecule has 3 aromatic heterocycles. The van der Waals surface area contributed by atoms with E-state index in [1.165, 1.54) is 16.9 Å². The largest absolute Gasteiger partial charge is 0.496 e. The molecule has 1 N–H and O–H groups in total. The van der Waals surface area contributed by atoms with E-state index < -0.39 is 0 Å². The minimum absolute atomic E-state index is 0.144. The van der Waals surface area contributed by atoms with Crippen molar-refractivity contribution in [1.29, 1.82) is 0 Å². The number of ether oxygens (including phenoxy) is 1. The van der Waals surface area contributed by atoms with Crippen molar-refractivity contribution in [2.75, 3.05) is 14.2 Å². The van der Waals surface area contributed by atoms with Crippen LogP contribution in [0.1, 0.15) is 17.0 Å². The van der Waals surface area contributed by atoms with E-state index in [0.29, 0.717) is 34.9 Å². The van der Waals surface area contributed by atoms with Gasteiger partial charge in [0.15, 0.2) is 0 Å². The predicted octanol–water partition coefficient (Wildman–Crippen LogP) is 4.19. The number of H-pyrrole nitrogens is 1. The lowest BCUT2D eigenvalue weighted by atomic mass is 10.1. The topological polar surface area (TPSA) is 71.4 Å². The molecule has 0 saturated heterocycles. The molecule has 7 heteroatoms. The van der Waals surface area contributed by atoms with E-state index in [1.54, 1.807) is 13.4 Å².